The van der Waals surface area contributed by atoms with E-state index in [4.69, 9.17) is 0 Å². The fourth-order valence-corrected chi connectivity index (χ4v) is 4.34. The first kappa shape index (κ1) is 16.6. The van der Waals surface area contributed by atoms with Gasteiger partial charge in [-0.25, -0.2) is 4.68 Å². The summed E-state index contributed by atoms with van der Waals surface area (Å²) in [4.78, 5) is 2.48. The van der Waals surface area contributed by atoms with Crippen LogP contribution < -0.4 is 0 Å². The lowest BCUT2D eigenvalue weighted by molar-refractivity contribution is 0.202. The van der Waals surface area contributed by atoms with Crippen molar-refractivity contribution < 1.29 is 5.11 Å². The van der Waals surface area contributed by atoms with Gasteiger partial charge in [0.2, 0.25) is 0 Å². The standard InChI is InChI=1S/C20H28N4O/c25-20-8-4-5-17(13-20)16-9-11-23(12-10-16)14-18-15-24(22-21-18)19-6-2-1-3-7-19/h4-5,8,13,15-16,19,25H,1-3,6-7,9-12,14H2. The molecule has 1 N–H and O–H groups in total. The van der Waals surface area contributed by atoms with Gasteiger partial charge in [0.15, 0.2) is 0 Å². The molecule has 0 amide bonds. The van der Waals surface area contributed by atoms with Crippen molar-refractivity contribution in [2.45, 2.75) is 63.5 Å². The first-order valence-corrected chi connectivity index (χ1v) is 9.70. The van der Waals surface area contributed by atoms with Crippen molar-refractivity contribution in [2.75, 3.05) is 13.1 Å². The third-order valence-corrected chi connectivity index (χ3v) is 5.82. The van der Waals surface area contributed by atoms with Crippen LogP contribution >= 0.6 is 0 Å². The van der Waals surface area contributed by atoms with Crippen molar-refractivity contribution in [3.63, 3.8) is 0 Å². The van der Waals surface area contributed by atoms with Gasteiger partial charge < -0.3 is 5.11 Å². The maximum atomic E-state index is 9.67. The second-order valence-corrected chi connectivity index (χ2v) is 7.63. The van der Waals surface area contributed by atoms with Crippen LogP contribution in [0.4, 0.5) is 0 Å². The molecule has 2 fully saturated rings. The Hall–Kier alpha value is -1.88. The van der Waals surface area contributed by atoms with Gasteiger partial charge in [0.25, 0.3) is 0 Å². The molecule has 2 heterocycles. The number of aromatic nitrogens is 3. The number of aromatic hydroxyl groups is 1. The lowest BCUT2D eigenvalue weighted by Crippen LogP contribution is -2.32. The molecule has 2 aliphatic rings. The molecule has 0 radical (unpaired) electrons. The molecule has 0 atom stereocenters. The van der Waals surface area contributed by atoms with Gasteiger partial charge >= 0.3 is 0 Å². The second kappa shape index (κ2) is 7.56. The van der Waals surface area contributed by atoms with Gasteiger partial charge in [-0.3, -0.25) is 4.90 Å². The van der Waals surface area contributed by atoms with E-state index in [0.29, 0.717) is 17.7 Å². The van der Waals surface area contributed by atoms with Crippen molar-refractivity contribution in [2.24, 2.45) is 0 Å². The summed E-state index contributed by atoms with van der Waals surface area (Å²) in [5.41, 5.74) is 2.37. The largest absolute Gasteiger partial charge is 0.508 e. The maximum absolute atomic E-state index is 9.67. The van der Waals surface area contributed by atoms with E-state index in [2.05, 4.69) is 32.2 Å². The predicted octanol–water partition coefficient (Wildman–Crippen LogP) is 3.87. The smallest absolute Gasteiger partial charge is 0.115 e. The molecule has 0 spiro atoms. The molecule has 1 saturated heterocycles. The van der Waals surface area contributed by atoms with E-state index in [1.54, 1.807) is 6.07 Å². The molecule has 1 aliphatic heterocycles. The number of nitrogens with zero attached hydrogens (tertiary/aromatic N) is 4. The molecule has 0 bridgehead atoms. The normalized spacial score (nSPS) is 20.8. The van der Waals surface area contributed by atoms with Crippen LogP contribution in [0.15, 0.2) is 30.5 Å². The van der Waals surface area contributed by atoms with Crippen LogP contribution in [0, 0.1) is 0 Å². The molecule has 5 nitrogen and oxygen atoms in total. The summed E-state index contributed by atoms with van der Waals surface area (Å²) in [7, 11) is 0. The summed E-state index contributed by atoms with van der Waals surface area (Å²) >= 11 is 0. The second-order valence-electron chi connectivity index (χ2n) is 7.63. The first-order chi connectivity index (χ1) is 12.3. The summed E-state index contributed by atoms with van der Waals surface area (Å²) in [6.45, 7) is 3.06. The Balaban J connectivity index is 1.30. The van der Waals surface area contributed by atoms with Crippen LogP contribution in [0.1, 0.15) is 68.2 Å². The van der Waals surface area contributed by atoms with Gasteiger partial charge in [-0.2, -0.15) is 0 Å². The molecule has 4 rings (SSSR count). The van der Waals surface area contributed by atoms with E-state index in [9.17, 15) is 5.11 Å². The first-order valence-electron chi connectivity index (χ1n) is 9.70. The molecule has 1 aromatic carbocycles. The highest BCUT2D eigenvalue weighted by Crippen LogP contribution is 2.30. The van der Waals surface area contributed by atoms with Crippen LogP contribution in [-0.2, 0) is 6.54 Å². The van der Waals surface area contributed by atoms with Crippen LogP contribution in [0.3, 0.4) is 0 Å². The van der Waals surface area contributed by atoms with E-state index >= 15 is 0 Å². The topological polar surface area (TPSA) is 54.2 Å². The number of hydrogen-bond donors (Lipinski definition) is 1. The predicted molar refractivity (Wildman–Crippen MR) is 97.5 cm³/mol. The van der Waals surface area contributed by atoms with Gasteiger partial charge in [-0.05, 0) is 62.4 Å². The summed E-state index contributed by atoms with van der Waals surface area (Å²) in [6.07, 6.45) is 10.9. The molecular formula is C20H28N4O. The number of phenols is 1. The summed E-state index contributed by atoms with van der Waals surface area (Å²) in [5.74, 6) is 0.931. The number of phenolic OH excluding ortho intramolecular Hbond substituents is 1. The zero-order valence-corrected chi connectivity index (χ0v) is 14.8. The lowest BCUT2D eigenvalue weighted by atomic mass is 9.89. The highest BCUT2D eigenvalue weighted by molar-refractivity contribution is 5.30. The third-order valence-electron chi connectivity index (χ3n) is 5.82. The van der Waals surface area contributed by atoms with Crippen LogP contribution in [-0.4, -0.2) is 38.1 Å². The van der Waals surface area contributed by atoms with E-state index in [0.717, 1.165) is 38.2 Å². The minimum absolute atomic E-state index is 0.374. The molecule has 1 aromatic heterocycles. The summed E-state index contributed by atoms with van der Waals surface area (Å²) in [6, 6.07) is 8.30. The van der Waals surface area contributed by atoms with Crippen LogP contribution in [0.5, 0.6) is 5.75 Å². The maximum Gasteiger partial charge on any atom is 0.115 e. The van der Waals surface area contributed by atoms with Crippen molar-refractivity contribution in [1.82, 2.24) is 19.9 Å². The monoisotopic (exact) mass is 340 g/mol. The minimum Gasteiger partial charge on any atom is -0.508 e. The molecular weight excluding hydrogens is 312 g/mol. The summed E-state index contributed by atoms with van der Waals surface area (Å²) in [5, 5.41) is 18.5. The number of likely N-dealkylation sites (tertiary alicyclic amines) is 1. The molecule has 5 heteroatoms. The minimum atomic E-state index is 0.374. The quantitative estimate of drug-likeness (QED) is 0.918. The fraction of sp³-hybridized carbons (Fsp3) is 0.600. The van der Waals surface area contributed by atoms with Gasteiger partial charge in [-0.15, -0.1) is 5.10 Å². The Morgan fingerprint density at radius 3 is 2.60 bits per heavy atom. The van der Waals surface area contributed by atoms with Gasteiger partial charge in [0, 0.05) is 6.54 Å². The van der Waals surface area contributed by atoms with E-state index in [1.807, 2.05) is 12.1 Å². The number of piperidine rings is 1. The highest BCUT2D eigenvalue weighted by Gasteiger charge is 2.22. The number of benzene rings is 1. The Labute approximate surface area is 149 Å². The Morgan fingerprint density at radius 2 is 1.84 bits per heavy atom. The molecule has 1 saturated carbocycles. The molecule has 0 unspecified atom stereocenters. The SMILES string of the molecule is Oc1cccc(C2CCN(Cc3cn(C4CCCCC4)nn3)CC2)c1. The van der Waals surface area contributed by atoms with Crippen molar-refractivity contribution in [1.29, 1.82) is 0 Å². The van der Waals surface area contributed by atoms with E-state index in [1.165, 1.54) is 37.7 Å². The van der Waals surface area contributed by atoms with Crippen molar-refractivity contribution >= 4 is 0 Å². The number of hydrogen-bond acceptors (Lipinski definition) is 4. The lowest BCUT2D eigenvalue weighted by Gasteiger charge is -2.31. The Morgan fingerprint density at radius 1 is 1.04 bits per heavy atom. The van der Waals surface area contributed by atoms with E-state index < -0.39 is 0 Å². The van der Waals surface area contributed by atoms with Gasteiger partial charge in [-0.1, -0.05) is 36.6 Å². The Bertz CT molecular complexity index is 685. The van der Waals surface area contributed by atoms with Gasteiger partial charge in [0.1, 0.15) is 5.75 Å². The zero-order valence-electron chi connectivity index (χ0n) is 14.8. The molecule has 2 aromatic rings. The number of rotatable bonds is 4. The van der Waals surface area contributed by atoms with Gasteiger partial charge in [0.05, 0.1) is 17.9 Å². The average molecular weight is 340 g/mol. The Kier molecular flexibility index (Phi) is 5.02. The molecule has 134 valence electrons. The van der Waals surface area contributed by atoms with Crippen LogP contribution in [0.25, 0.3) is 0 Å². The molecule has 1 aliphatic carbocycles. The zero-order chi connectivity index (χ0) is 17.1. The molecule has 25 heavy (non-hydrogen) atoms. The van der Waals surface area contributed by atoms with Crippen molar-refractivity contribution in [3.8, 4) is 5.75 Å². The average Bonchev–Trinajstić information content (AvgIpc) is 3.12. The van der Waals surface area contributed by atoms with E-state index in [-0.39, 0.29) is 0 Å². The fourth-order valence-electron chi connectivity index (χ4n) is 4.34. The highest BCUT2D eigenvalue weighted by atomic mass is 16.3. The van der Waals surface area contributed by atoms with Crippen LogP contribution in [0.2, 0.25) is 0 Å². The van der Waals surface area contributed by atoms with Crippen molar-refractivity contribution in [3.05, 3.63) is 41.7 Å². The third kappa shape index (κ3) is 4.03. The summed E-state index contributed by atoms with van der Waals surface area (Å²) < 4.78 is 2.11.